The third-order valence-corrected chi connectivity index (χ3v) is 3.98. The Morgan fingerprint density at radius 3 is 2.80 bits per heavy atom. The Bertz CT molecular complexity index is 499. The zero-order valence-electron chi connectivity index (χ0n) is 11.9. The minimum Gasteiger partial charge on any atom is -0.481 e. The molecular formula is C15H20N2O3. The molecule has 5 heteroatoms. The summed E-state index contributed by atoms with van der Waals surface area (Å²) in [5.41, 5.74) is 0.164. The number of carboxylic acids is 1. The molecule has 1 amide bonds. The Morgan fingerprint density at radius 1 is 1.45 bits per heavy atom. The predicted octanol–water partition coefficient (Wildman–Crippen LogP) is 1.68. The van der Waals surface area contributed by atoms with Gasteiger partial charge in [-0.05, 0) is 38.3 Å². The number of carbonyl (C=O) groups excluding carboxylic acids is 1. The molecule has 0 aliphatic carbocycles. The molecule has 20 heavy (non-hydrogen) atoms. The molecule has 5 nitrogen and oxygen atoms in total. The number of nitrogens with zero attached hydrogens (tertiary/aromatic N) is 2. The number of piperidine rings is 1. The molecule has 1 aliphatic heterocycles. The van der Waals surface area contributed by atoms with E-state index in [1.807, 2.05) is 19.9 Å². The highest BCUT2D eigenvalue weighted by Gasteiger charge is 2.37. The van der Waals surface area contributed by atoms with Crippen molar-refractivity contribution in [3.05, 3.63) is 30.1 Å². The van der Waals surface area contributed by atoms with Crippen molar-refractivity contribution in [1.82, 2.24) is 9.88 Å². The van der Waals surface area contributed by atoms with E-state index in [-0.39, 0.29) is 5.91 Å². The molecular weight excluding hydrogens is 256 g/mol. The fourth-order valence-corrected chi connectivity index (χ4v) is 2.61. The molecule has 1 unspecified atom stereocenters. The first-order chi connectivity index (χ1) is 9.43. The third-order valence-electron chi connectivity index (χ3n) is 3.98. The van der Waals surface area contributed by atoms with Crippen LogP contribution in [0.15, 0.2) is 24.5 Å². The molecule has 1 saturated heterocycles. The fourth-order valence-electron chi connectivity index (χ4n) is 2.61. The Labute approximate surface area is 118 Å². The van der Waals surface area contributed by atoms with Crippen LogP contribution in [0, 0.1) is 5.92 Å². The van der Waals surface area contributed by atoms with Crippen LogP contribution < -0.4 is 0 Å². The maximum atomic E-state index is 12.7. The fraction of sp³-hybridized carbons (Fsp3) is 0.533. The highest BCUT2D eigenvalue weighted by Crippen LogP contribution is 2.27. The largest absolute Gasteiger partial charge is 0.481 e. The van der Waals surface area contributed by atoms with Crippen LogP contribution in [0.5, 0.6) is 0 Å². The first-order valence-electron chi connectivity index (χ1n) is 6.85. The van der Waals surface area contributed by atoms with Crippen molar-refractivity contribution in [1.29, 1.82) is 0 Å². The molecule has 0 spiro atoms. The van der Waals surface area contributed by atoms with E-state index in [2.05, 4.69) is 4.98 Å². The molecule has 1 fully saturated rings. The average Bonchev–Trinajstić information content (AvgIpc) is 2.47. The zero-order chi connectivity index (χ0) is 14.8. The van der Waals surface area contributed by atoms with Crippen LogP contribution in [0.2, 0.25) is 0 Å². The summed E-state index contributed by atoms with van der Waals surface area (Å²) in [5.74, 6) is -1.30. The third kappa shape index (κ3) is 2.81. The topological polar surface area (TPSA) is 70.5 Å². The second-order valence-corrected chi connectivity index (χ2v) is 5.80. The Hall–Kier alpha value is -1.91. The van der Waals surface area contributed by atoms with Crippen molar-refractivity contribution in [3.8, 4) is 0 Å². The van der Waals surface area contributed by atoms with Crippen LogP contribution in [0.3, 0.4) is 0 Å². The van der Waals surface area contributed by atoms with E-state index in [9.17, 15) is 9.59 Å². The van der Waals surface area contributed by atoms with Gasteiger partial charge in [0.05, 0.1) is 11.3 Å². The van der Waals surface area contributed by atoms with Gasteiger partial charge in [-0.1, -0.05) is 6.07 Å². The number of hydrogen-bond acceptors (Lipinski definition) is 3. The van der Waals surface area contributed by atoms with E-state index in [0.717, 1.165) is 12.0 Å². The van der Waals surface area contributed by atoms with Crippen molar-refractivity contribution in [2.75, 3.05) is 13.1 Å². The van der Waals surface area contributed by atoms with Crippen molar-refractivity contribution >= 4 is 11.9 Å². The lowest BCUT2D eigenvalue weighted by molar-refractivity contribution is -0.147. The second kappa shape index (κ2) is 5.61. The molecule has 0 bridgehead atoms. The summed E-state index contributed by atoms with van der Waals surface area (Å²) in [7, 11) is 0. The van der Waals surface area contributed by atoms with Gasteiger partial charge in [0.15, 0.2) is 0 Å². The van der Waals surface area contributed by atoms with E-state index >= 15 is 0 Å². The lowest BCUT2D eigenvalue weighted by atomic mass is 9.83. The first kappa shape index (κ1) is 14.5. The number of aliphatic carboxylic acids is 1. The first-order valence-corrected chi connectivity index (χ1v) is 6.85. The second-order valence-electron chi connectivity index (χ2n) is 5.80. The maximum absolute atomic E-state index is 12.7. The number of aromatic nitrogens is 1. The summed E-state index contributed by atoms with van der Waals surface area (Å²) in [4.78, 5) is 29.5. The Balaban J connectivity index is 2.16. The molecule has 1 aromatic heterocycles. The summed E-state index contributed by atoms with van der Waals surface area (Å²) in [6.07, 6.45) is 4.75. The minimum absolute atomic E-state index is 0.0311. The number of amides is 1. The standard InChI is InChI=1S/C15H20N2O3/c1-15(2,12-6-3-7-16-9-12)14(20)17-8-4-5-11(10-17)13(18)19/h3,6-7,9,11H,4-5,8,10H2,1-2H3,(H,18,19). The summed E-state index contributed by atoms with van der Waals surface area (Å²) < 4.78 is 0. The van der Waals surface area contributed by atoms with Gasteiger partial charge in [0.25, 0.3) is 0 Å². The summed E-state index contributed by atoms with van der Waals surface area (Å²) >= 11 is 0. The zero-order valence-corrected chi connectivity index (χ0v) is 11.9. The lowest BCUT2D eigenvalue weighted by Gasteiger charge is -2.36. The van der Waals surface area contributed by atoms with Crippen LogP contribution in [0.25, 0.3) is 0 Å². The van der Waals surface area contributed by atoms with E-state index in [0.29, 0.717) is 19.5 Å². The molecule has 2 rings (SSSR count). The lowest BCUT2D eigenvalue weighted by Crippen LogP contribution is -2.49. The number of carbonyl (C=O) groups is 2. The SMILES string of the molecule is CC(C)(C(=O)N1CCCC(C(=O)O)C1)c1cccnc1. The monoisotopic (exact) mass is 276 g/mol. The normalized spacial score (nSPS) is 19.7. The molecule has 0 saturated carbocycles. The van der Waals surface area contributed by atoms with Crippen LogP contribution >= 0.6 is 0 Å². The van der Waals surface area contributed by atoms with Crippen molar-refractivity contribution in [2.24, 2.45) is 5.92 Å². The molecule has 1 aromatic rings. The smallest absolute Gasteiger partial charge is 0.308 e. The number of pyridine rings is 1. The summed E-state index contributed by atoms with van der Waals surface area (Å²) in [6, 6.07) is 3.68. The van der Waals surface area contributed by atoms with Gasteiger partial charge >= 0.3 is 5.97 Å². The van der Waals surface area contributed by atoms with Gasteiger partial charge in [0.1, 0.15) is 0 Å². The molecule has 1 aliphatic rings. The summed E-state index contributed by atoms with van der Waals surface area (Å²) in [5, 5.41) is 9.11. The van der Waals surface area contributed by atoms with Gasteiger partial charge in [-0.15, -0.1) is 0 Å². The van der Waals surface area contributed by atoms with Crippen LogP contribution in [-0.2, 0) is 15.0 Å². The van der Waals surface area contributed by atoms with E-state index in [1.54, 1.807) is 23.4 Å². The number of carboxylic acid groups (broad SMARTS) is 1. The predicted molar refractivity (Wildman–Crippen MR) is 74.2 cm³/mol. The van der Waals surface area contributed by atoms with Gasteiger partial charge in [0.2, 0.25) is 5.91 Å². The molecule has 0 aromatic carbocycles. The van der Waals surface area contributed by atoms with E-state index in [1.165, 1.54) is 0 Å². The number of hydrogen-bond donors (Lipinski definition) is 1. The molecule has 108 valence electrons. The van der Waals surface area contributed by atoms with Gasteiger partial charge in [0, 0.05) is 25.5 Å². The number of rotatable bonds is 3. The molecule has 2 heterocycles. The van der Waals surface area contributed by atoms with Crippen LogP contribution in [0.4, 0.5) is 0 Å². The molecule has 1 N–H and O–H groups in total. The maximum Gasteiger partial charge on any atom is 0.308 e. The highest BCUT2D eigenvalue weighted by molar-refractivity contribution is 5.87. The van der Waals surface area contributed by atoms with Gasteiger partial charge < -0.3 is 10.0 Å². The van der Waals surface area contributed by atoms with E-state index in [4.69, 9.17) is 5.11 Å². The summed E-state index contributed by atoms with van der Waals surface area (Å²) in [6.45, 7) is 4.65. The molecule has 1 atom stereocenters. The van der Waals surface area contributed by atoms with E-state index < -0.39 is 17.3 Å². The van der Waals surface area contributed by atoms with Gasteiger partial charge in [-0.25, -0.2) is 0 Å². The quantitative estimate of drug-likeness (QED) is 0.912. The Kier molecular flexibility index (Phi) is 4.06. The van der Waals surface area contributed by atoms with Crippen LogP contribution in [-0.4, -0.2) is 40.0 Å². The number of likely N-dealkylation sites (tertiary alicyclic amines) is 1. The highest BCUT2D eigenvalue weighted by atomic mass is 16.4. The van der Waals surface area contributed by atoms with Crippen molar-refractivity contribution < 1.29 is 14.7 Å². The minimum atomic E-state index is -0.818. The van der Waals surface area contributed by atoms with Gasteiger partial charge in [-0.3, -0.25) is 14.6 Å². The van der Waals surface area contributed by atoms with Crippen molar-refractivity contribution in [3.63, 3.8) is 0 Å². The molecule has 0 radical (unpaired) electrons. The average molecular weight is 276 g/mol. The Morgan fingerprint density at radius 2 is 2.20 bits per heavy atom. The van der Waals surface area contributed by atoms with Crippen LogP contribution in [0.1, 0.15) is 32.3 Å². The van der Waals surface area contributed by atoms with Crippen molar-refractivity contribution in [2.45, 2.75) is 32.1 Å². The van der Waals surface area contributed by atoms with Gasteiger partial charge in [-0.2, -0.15) is 0 Å².